The lowest BCUT2D eigenvalue weighted by molar-refractivity contribution is -0.133. The van der Waals surface area contributed by atoms with Crippen molar-refractivity contribution in [3.8, 4) is 23.0 Å². The van der Waals surface area contributed by atoms with Crippen molar-refractivity contribution < 1.29 is 23.5 Å². The minimum Gasteiger partial charge on any atom is -0.490 e. The average Bonchev–Trinajstić information content (AvgIpc) is 3.64. The molecule has 4 aromatic rings. The lowest BCUT2D eigenvalue weighted by atomic mass is 9.93. The Morgan fingerprint density at radius 2 is 1.68 bits per heavy atom. The molecule has 0 spiro atoms. The number of amides is 2. The smallest absolute Gasteiger partial charge is 0.271 e. The first kappa shape index (κ1) is 27.1. The van der Waals surface area contributed by atoms with Crippen LogP contribution in [0, 0.1) is 0 Å². The van der Waals surface area contributed by atoms with Gasteiger partial charge in [-0.1, -0.05) is 36.4 Å². The van der Waals surface area contributed by atoms with Crippen molar-refractivity contribution in [1.29, 1.82) is 0 Å². The van der Waals surface area contributed by atoms with E-state index in [0.717, 1.165) is 16.8 Å². The highest BCUT2D eigenvalue weighted by Crippen LogP contribution is 2.34. The summed E-state index contributed by atoms with van der Waals surface area (Å²) in [6, 6.07) is 22.9. The number of nitrogens with one attached hydrogen (secondary N) is 1. The molecular weight excluding hydrogens is 506 g/mol. The van der Waals surface area contributed by atoms with E-state index in [9.17, 15) is 9.59 Å². The zero-order valence-corrected chi connectivity index (χ0v) is 23.2. The summed E-state index contributed by atoms with van der Waals surface area (Å²) >= 11 is 0. The molecule has 1 aliphatic rings. The van der Waals surface area contributed by atoms with Gasteiger partial charge in [0.15, 0.2) is 11.5 Å². The fourth-order valence-corrected chi connectivity index (χ4v) is 5.22. The van der Waals surface area contributed by atoms with Crippen LogP contribution in [0.15, 0.2) is 83.5 Å². The first-order valence-corrected chi connectivity index (χ1v) is 13.7. The second-order valence-electron chi connectivity index (χ2n) is 9.96. The van der Waals surface area contributed by atoms with Gasteiger partial charge < -0.3 is 28.7 Å². The highest BCUT2D eigenvalue weighted by molar-refractivity contribution is 6.00. The zero-order valence-electron chi connectivity index (χ0n) is 23.2. The van der Waals surface area contributed by atoms with Crippen LogP contribution in [0.5, 0.6) is 11.5 Å². The zero-order chi connectivity index (χ0) is 28.1. The Kier molecular flexibility index (Phi) is 7.96. The fraction of sp³-hybridized carbons (Fsp3) is 0.312. The van der Waals surface area contributed by atoms with Crippen molar-refractivity contribution in [1.82, 2.24) is 14.8 Å². The maximum absolute atomic E-state index is 14.0. The van der Waals surface area contributed by atoms with Crippen molar-refractivity contribution in [3.63, 3.8) is 0 Å². The number of aromatic nitrogens is 1. The van der Waals surface area contributed by atoms with Crippen LogP contribution in [-0.2, 0) is 24.3 Å². The number of furan rings is 1. The molecule has 40 heavy (non-hydrogen) atoms. The van der Waals surface area contributed by atoms with Crippen LogP contribution < -0.4 is 14.8 Å². The number of nitrogens with zero attached hydrogens (tertiary/aromatic N) is 2. The van der Waals surface area contributed by atoms with Crippen molar-refractivity contribution in [2.45, 2.75) is 45.8 Å². The maximum Gasteiger partial charge on any atom is 0.271 e. The first-order chi connectivity index (χ1) is 19.4. The second kappa shape index (κ2) is 11.7. The maximum atomic E-state index is 14.0. The molecule has 1 N–H and O–H groups in total. The summed E-state index contributed by atoms with van der Waals surface area (Å²) < 4.78 is 19.0. The molecule has 8 heteroatoms. The van der Waals surface area contributed by atoms with Crippen LogP contribution in [0.4, 0.5) is 0 Å². The number of hydrogen-bond donors (Lipinski definition) is 1. The first-order valence-electron chi connectivity index (χ1n) is 13.7. The molecule has 1 aliphatic heterocycles. The molecule has 0 aliphatic carbocycles. The monoisotopic (exact) mass is 541 g/mol. The second-order valence-corrected chi connectivity index (χ2v) is 9.96. The highest BCUT2D eigenvalue weighted by atomic mass is 16.5. The predicted molar refractivity (Wildman–Crippen MR) is 152 cm³/mol. The molecule has 1 unspecified atom stereocenters. The van der Waals surface area contributed by atoms with Crippen LogP contribution in [-0.4, -0.2) is 46.6 Å². The van der Waals surface area contributed by atoms with Gasteiger partial charge in [0.25, 0.3) is 5.91 Å². The molecule has 0 saturated heterocycles. The van der Waals surface area contributed by atoms with E-state index >= 15 is 0 Å². The van der Waals surface area contributed by atoms with Crippen LogP contribution >= 0.6 is 0 Å². The minimum atomic E-state index is -1.13. The highest BCUT2D eigenvalue weighted by Gasteiger charge is 2.47. The molecule has 5 rings (SSSR count). The van der Waals surface area contributed by atoms with E-state index < -0.39 is 5.54 Å². The number of hydrogen-bond acceptors (Lipinski definition) is 5. The Labute approximate surface area is 234 Å². The van der Waals surface area contributed by atoms with Crippen LogP contribution in [0.3, 0.4) is 0 Å². The summed E-state index contributed by atoms with van der Waals surface area (Å²) in [5.41, 5.74) is 2.14. The fourth-order valence-electron chi connectivity index (χ4n) is 5.22. The van der Waals surface area contributed by atoms with Crippen LogP contribution in [0.2, 0.25) is 0 Å². The third kappa shape index (κ3) is 5.34. The molecule has 2 aromatic heterocycles. The summed E-state index contributed by atoms with van der Waals surface area (Å²) in [6.07, 6.45) is 2.15. The van der Waals surface area contributed by atoms with Crippen LogP contribution in [0.25, 0.3) is 11.5 Å². The molecule has 0 bridgehead atoms. The topological polar surface area (TPSA) is 85.9 Å². The Balaban J connectivity index is 1.44. The molecule has 208 valence electrons. The van der Waals surface area contributed by atoms with Crippen molar-refractivity contribution in [2.75, 3.05) is 19.8 Å². The number of carbonyl (C=O) groups excluding carboxylic acids is 2. The number of fused-ring (bicyclic) bond motifs is 1. The van der Waals surface area contributed by atoms with Crippen molar-refractivity contribution >= 4 is 11.8 Å². The summed E-state index contributed by atoms with van der Waals surface area (Å²) in [4.78, 5) is 29.5. The third-order valence-electron chi connectivity index (χ3n) is 7.30. The van der Waals surface area contributed by atoms with Gasteiger partial charge >= 0.3 is 0 Å². The van der Waals surface area contributed by atoms with E-state index in [2.05, 4.69) is 5.32 Å². The van der Waals surface area contributed by atoms with Gasteiger partial charge in [-0.3, -0.25) is 9.59 Å². The molecule has 2 amide bonds. The van der Waals surface area contributed by atoms with Crippen molar-refractivity contribution in [3.05, 3.63) is 95.9 Å². The normalized spacial score (nSPS) is 16.5. The molecule has 0 fully saturated rings. The van der Waals surface area contributed by atoms with Gasteiger partial charge in [0.1, 0.15) is 17.0 Å². The van der Waals surface area contributed by atoms with E-state index in [4.69, 9.17) is 13.9 Å². The van der Waals surface area contributed by atoms with E-state index in [1.165, 1.54) is 0 Å². The van der Waals surface area contributed by atoms with Gasteiger partial charge in [0.2, 0.25) is 5.91 Å². The molecule has 0 radical (unpaired) electrons. The number of benzene rings is 2. The minimum absolute atomic E-state index is 0.197. The Morgan fingerprint density at radius 1 is 0.925 bits per heavy atom. The summed E-state index contributed by atoms with van der Waals surface area (Å²) in [7, 11) is 0. The Morgan fingerprint density at radius 3 is 2.40 bits per heavy atom. The molecule has 0 saturated carbocycles. The standard InChI is InChI=1S/C32H35N3O5/c1-4-38-28-16-13-23(20-29(28)39-5-2)17-18-35-30(36)26-15-14-25(27-12-9-19-40-27)34(26)22-32(35,3)31(37)33-21-24-10-7-6-8-11-24/h6-16,19-20H,4-5,17-18,21-22H2,1-3H3,(H,33,37). The summed E-state index contributed by atoms with van der Waals surface area (Å²) in [5.74, 6) is 1.61. The van der Waals surface area contributed by atoms with Gasteiger partial charge in [-0.2, -0.15) is 0 Å². The van der Waals surface area contributed by atoms with Gasteiger partial charge in [0, 0.05) is 13.1 Å². The van der Waals surface area contributed by atoms with Gasteiger partial charge in [-0.05, 0) is 74.7 Å². The van der Waals surface area contributed by atoms with E-state index in [0.29, 0.717) is 62.2 Å². The molecule has 1 atom stereocenters. The molecule has 3 heterocycles. The third-order valence-corrected chi connectivity index (χ3v) is 7.30. The predicted octanol–water partition coefficient (Wildman–Crippen LogP) is 5.32. The van der Waals surface area contributed by atoms with E-state index in [1.807, 2.05) is 92.1 Å². The molecule has 2 aromatic carbocycles. The lowest BCUT2D eigenvalue weighted by Gasteiger charge is -2.44. The van der Waals surface area contributed by atoms with Crippen molar-refractivity contribution in [2.24, 2.45) is 0 Å². The number of carbonyl (C=O) groups is 2. The van der Waals surface area contributed by atoms with Gasteiger partial charge in [-0.15, -0.1) is 0 Å². The quantitative estimate of drug-likeness (QED) is 0.278. The van der Waals surface area contributed by atoms with Crippen LogP contribution in [0.1, 0.15) is 42.4 Å². The molecule has 8 nitrogen and oxygen atoms in total. The average molecular weight is 542 g/mol. The summed E-state index contributed by atoms with van der Waals surface area (Å²) in [5, 5.41) is 3.08. The Hall–Kier alpha value is -4.46. The van der Waals surface area contributed by atoms with Gasteiger partial charge in [-0.25, -0.2) is 0 Å². The van der Waals surface area contributed by atoms with Gasteiger partial charge in [0.05, 0.1) is 31.7 Å². The summed E-state index contributed by atoms with van der Waals surface area (Å²) in [6.45, 7) is 7.78. The largest absolute Gasteiger partial charge is 0.490 e. The number of rotatable bonds is 11. The van der Waals surface area contributed by atoms with E-state index in [1.54, 1.807) is 17.2 Å². The SMILES string of the molecule is CCOc1ccc(CCN2C(=O)c3ccc(-c4ccco4)n3CC2(C)C(=O)NCc2ccccc2)cc1OCC. The number of ether oxygens (including phenoxy) is 2. The molecular formula is C32H35N3O5. The Bertz CT molecular complexity index is 1460. The lowest BCUT2D eigenvalue weighted by Crippen LogP contribution is -2.64. The van der Waals surface area contributed by atoms with E-state index in [-0.39, 0.29) is 11.8 Å².